The quantitative estimate of drug-likeness (QED) is 0.918. The van der Waals surface area contributed by atoms with Crippen LogP contribution in [0.3, 0.4) is 0 Å². The number of hydrogen-bond donors (Lipinski definition) is 1. The van der Waals surface area contributed by atoms with Crippen molar-refractivity contribution >= 4 is 11.2 Å². The Morgan fingerprint density at radius 2 is 2.11 bits per heavy atom. The number of fused-ring (bicyclic) bond motifs is 1. The second kappa shape index (κ2) is 4.04. The van der Waals surface area contributed by atoms with Crippen LogP contribution in [-0.4, -0.2) is 21.1 Å². The van der Waals surface area contributed by atoms with Crippen molar-refractivity contribution in [2.75, 3.05) is 6.54 Å². The molecule has 4 nitrogen and oxygen atoms in total. The number of hydrogen-bond acceptors (Lipinski definition) is 3. The predicted molar refractivity (Wildman–Crippen MR) is 75.0 cm³/mol. The summed E-state index contributed by atoms with van der Waals surface area (Å²) in [5.74, 6) is 1.21. The van der Waals surface area contributed by atoms with E-state index in [9.17, 15) is 0 Å². The van der Waals surface area contributed by atoms with Gasteiger partial charge in [-0.05, 0) is 37.8 Å². The summed E-state index contributed by atoms with van der Waals surface area (Å²) in [6, 6.07) is 4.66. The number of nitrogens with two attached hydrogens (primary N) is 1. The summed E-state index contributed by atoms with van der Waals surface area (Å²) in [6.45, 7) is 0.711. The highest BCUT2D eigenvalue weighted by atomic mass is 15.2. The first kappa shape index (κ1) is 11.4. The van der Waals surface area contributed by atoms with E-state index in [-0.39, 0.29) is 5.41 Å². The first-order valence-corrected chi connectivity index (χ1v) is 7.38. The molecule has 19 heavy (non-hydrogen) atoms. The van der Waals surface area contributed by atoms with Crippen molar-refractivity contribution in [1.29, 1.82) is 0 Å². The molecule has 0 unspecified atom stereocenters. The highest BCUT2D eigenvalue weighted by Gasteiger charge is 2.41. The van der Waals surface area contributed by atoms with E-state index >= 15 is 0 Å². The van der Waals surface area contributed by atoms with Gasteiger partial charge in [0, 0.05) is 24.2 Å². The lowest BCUT2D eigenvalue weighted by molar-refractivity contribution is 0.405. The maximum absolute atomic E-state index is 6.14. The van der Waals surface area contributed by atoms with Gasteiger partial charge in [0.05, 0.1) is 0 Å². The average molecular weight is 256 g/mol. The van der Waals surface area contributed by atoms with Crippen LogP contribution in [-0.2, 0) is 5.41 Å². The minimum atomic E-state index is 0.100. The third-order valence-electron chi connectivity index (χ3n) is 4.79. The average Bonchev–Trinajstić information content (AvgIpc) is 3.05. The Labute approximate surface area is 113 Å². The van der Waals surface area contributed by atoms with Crippen molar-refractivity contribution in [2.45, 2.75) is 50.0 Å². The number of rotatable bonds is 3. The van der Waals surface area contributed by atoms with Gasteiger partial charge in [0.1, 0.15) is 11.3 Å². The highest BCUT2D eigenvalue weighted by molar-refractivity contribution is 5.72. The highest BCUT2D eigenvalue weighted by Crippen LogP contribution is 2.45. The van der Waals surface area contributed by atoms with Gasteiger partial charge >= 0.3 is 0 Å². The molecule has 0 bridgehead atoms. The standard InChI is InChI=1S/C15H20N4/c16-10-15(7-1-2-8-15)14-18-12-4-3-9-17-13(12)19(14)11-5-6-11/h3-4,9,11H,1-2,5-8,10,16H2. The number of imidazole rings is 1. The van der Waals surface area contributed by atoms with Gasteiger partial charge in [-0.1, -0.05) is 12.8 Å². The molecule has 0 saturated heterocycles. The van der Waals surface area contributed by atoms with E-state index in [4.69, 9.17) is 10.7 Å². The van der Waals surface area contributed by atoms with E-state index in [1.807, 2.05) is 12.3 Å². The molecule has 2 fully saturated rings. The van der Waals surface area contributed by atoms with E-state index in [0.717, 1.165) is 11.2 Å². The molecular weight excluding hydrogens is 236 g/mol. The SMILES string of the molecule is NCC1(c2nc3cccnc3n2C2CC2)CCCC1. The Kier molecular flexibility index (Phi) is 2.42. The predicted octanol–water partition coefficient (Wildman–Crippen LogP) is 2.54. The lowest BCUT2D eigenvalue weighted by atomic mass is 9.85. The maximum Gasteiger partial charge on any atom is 0.160 e. The molecule has 2 aliphatic rings. The molecule has 2 aromatic rings. The number of pyridine rings is 1. The molecule has 2 N–H and O–H groups in total. The Morgan fingerprint density at radius 3 is 2.79 bits per heavy atom. The summed E-state index contributed by atoms with van der Waals surface area (Å²) in [6.07, 6.45) is 9.30. The molecule has 0 aromatic carbocycles. The molecule has 100 valence electrons. The van der Waals surface area contributed by atoms with Gasteiger partial charge in [-0.15, -0.1) is 0 Å². The molecule has 0 atom stereocenters. The fourth-order valence-corrected chi connectivity index (χ4v) is 3.55. The summed E-state index contributed by atoms with van der Waals surface area (Å²) in [5, 5.41) is 0. The van der Waals surface area contributed by atoms with Crippen molar-refractivity contribution in [3.05, 3.63) is 24.2 Å². The van der Waals surface area contributed by atoms with Gasteiger partial charge in [-0.25, -0.2) is 9.97 Å². The summed E-state index contributed by atoms with van der Waals surface area (Å²) in [5.41, 5.74) is 8.33. The molecule has 2 aliphatic carbocycles. The van der Waals surface area contributed by atoms with Crippen molar-refractivity contribution < 1.29 is 0 Å². The van der Waals surface area contributed by atoms with Crippen LogP contribution in [0, 0.1) is 0 Å². The van der Waals surface area contributed by atoms with Gasteiger partial charge in [0.25, 0.3) is 0 Å². The molecular formula is C15H20N4. The summed E-state index contributed by atoms with van der Waals surface area (Å²) < 4.78 is 2.40. The Bertz CT molecular complexity index is 606. The molecule has 2 heterocycles. The van der Waals surface area contributed by atoms with Crippen LogP contribution >= 0.6 is 0 Å². The fraction of sp³-hybridized carbons (Fsp3) is 0.600. The van der Waals surface area contributed by atoms with Crippen molar-refractivity contribution in [2.24, 2.45) is 5.73 Å². The van der Waals surface area contributed by atoms with E-state index < -0.39 is 0 Å². The van der Waals surface area contributed by atoms with Crippen LogP contribution in [0.15, 0.2) is 18.3 Å². The molecule has 0 aliphatic heterocycles. The van der Waals surface area contributed by atoms with Crippen LogP contribution in [0.2, 0.25) is 0 Å². The molecule has 4 heteroatoms. The van der Waals surface area contributed by atoms with Gasteiger partial charge < -0.3 is 10.3 Å². The van der Waals surface area contributed by atoms with Crippen LogP contribution in [0.5, 0.6) is 0 Å². The summed E-state index contributed by atoms with van der Waals surface area (Å²) in [4.78, 5) is 9.48. The van der Waals surface area contributed by atoms with Crippen LogP contribution < -0.4 is 5.73 Å². The maximum atomic E-state index is 6.14. The monoisotopic (exact) mass is 256 g/mol. The zero-order valence-corrected chi connectivity index (χ0v) is 11.2. The minimum absolute atomic E-state index is 0.100. The molecule has 0 spiro atoms. The largest absolute Gasteiger partial charge is 0.329 e. The Balaban J connectivity index is 1.95. The zero-order valence-electron chi connectivity index (χ0n) is 11.2. The molecule has 2 saturated carbocycles. The molecule has 4 rings (SSSR count). The van der Waals surface area contributed by atoms with E-state index in [0.29, 0.717) is 12.6 Å². The van der Waals surface area contributed by atoms with Gasteiger partial charge in [-0.3, -0.25) is 0 Å². The number of aromatic nitrogens is 3. The lowest BCUT2D eigenvalue weighted by Crippen LogP contribution is -2.35. The third-order valence-corrected chi connectivity index (χ3v) is 4.79. The smallest absolute Gasteiger partial charge is 0.160 e. The van der Waals surface area contributed by atoms with E-state index in [2.05, 4.69) is 15.6 Å². The summed E-state index contributed by atoms with van der Waals surface area (Å²) >= 11 is 0. The normalized spacial score (nSPS) is 22.2. The minimum Gasteiger partial charge on any atom is -0.329 e. The Hall–Kier alpha value is -1.42. The van der Waals surface area contributed by atoms with E-state index in [1.165, 1.54) is 44.3 Å². The zero-order chi connectivity index (χ0) is 12.9. The van der Waals surface area contributed by atoms with Crippen LogP contribution in [0.4, 0.5) is 0 Å². The second-order valence-electron chi connectivity index (χ2n) is 6.07. The van der Waals surface area contributed by atoms with Crippen molar-refractivity contribution in [3.63, 3.8) is 0 Å². The van der Waals surface area contributed by atoms with Crippen molar-refractivity contribution in [3.8, 4) is 0 Å². The fourth-order valence-electron chi connectivity index (χ4n) is 3.55. The van der Waals surface area contributed by atoms with Crippen molar-refractivity contribution in [1.82, 2.24) is 14.5 Å². The first-order valence-electron chi connectivity index (χ1n) is 7.38. The third kappa shape index (κ3) is 1.62. The topological polar surface area (TPSA) is 56.7 Å². The van der Waals surface area contributed by atoms with Gasteiger partial charge in [0.15, 0.2) is 5.65 Å². The van der Waals surface area contributed by atoms with Crippen LogP contribution in [0.1, 0.15) is 50.4 Å². The number of nitrogens with zero attached hydrogens (tertiary/aromatic N) is 3. The lowest BCUT2D eigenvalue weighted by Gasteiger charge is -2.27. The van der Waals surface area contributed by atoms with E-state index in [1.54, 1.807) is 0 Å². The molecule has 0 radical (unpaired) electrons. The van der Waals surface area contributed by atoms with Crippen LogP contribution in [0.25, 0.3) is 11.2 Å². The second-order valence-corrected chi connectivity index (χ2v) is 6.07. The summed E-state index contributed by atoms with van der Waals surface area (Å²) in [7, 11) is 0. The Morgan fingerprint density at radius 1 is 1.32 bits per heavy atom. The van der Waals surface area contributed by atoms with Gasteiger partial charge in [-0.2, -0.15) is 0 Å². The van der Waals surface area contributed by atoms with Gasteiger partial charge in [0.2, 0.25) is 0 Å². The first-order chi connectivity index (χ1) is 9.34. The molecule has 0 amide bonds. The molecule has 2 aromatic heterocycles.